The maximum absolute atomic E-state index is 11.3. The molecule has 5 nitrogen and oxygen atoms in total. The van der Waals surface area contributed by atoms with Crippen molar-refractivity contribution >= 4 is 34.4 Å². The number of anilines is 1. The van der Waals surface area contributed by atoms with E-state index in [0.717, 1.165) is 5.52 Å². The van der Waals surface area contributed by atoms with Crippen molar-refractivity contribution in [2.75, 3.05) is 17.3 Å². The van der Waals surface area contributed by atoms with Crippen LogP contribution in [0.4, 0.5) is 5.69 Å². The number of fused-ring (bicyclic) bond motifs is 1. The highest BCUT2D eigenvalue weighted by molar-refractivity contribution is 7.99. The standard InChI is InChI=1S/C10H11N3O2S/c1-16-5-9(14)11-6-2-3-7-8(4-6)13-10(15)12-7/h2-4H,5H2,1H3,(H,11,14)(H2,12,13,15). The first-order valence-electron chi connectivity index (χ1n) is 4.70. The Labute approximate surface area is 95.6 Å². The van der Waals surface area contributed by atoms with E-state index in [4.69, 9.17) is 0 Å². The fraction of sp³-hybridized carbons (Fsp3) is 0.200. The fourth-order valence-corrected chi connectivity index (χ4v) is 1.77. The number of imidazole rings is 1. The number of rotatable bonds is 3. The Balaban J connectivity index is 2.25. The molecule has 0 radical (unpaired) electrons. The molecule has 3 N–H and O–H groups in total. The first-order chi connectivity index (χ1) is 7.69. The summed E-state index contributed by atoms with van der Waals surface area (Å²) in [7, 11) is 0. The van der Waals surface area contributed by atoms with Crippen LogP contribution in [-0.4, -0.2) is 27.9 Å². The number of hydrogen-bond acceptors (Lipinski definition) is 3. The minimum Gasteiger partial charge on any atom is -0.325 e. The van der Waals surface area contributed by atoms with Gasteiger partial charge < -0.3 is 15.3 Å². The van der Waals surface area contributed by atoms with Crippen LogP contribution >= 0.6 is 11.8 Å². The van der Waals surface area contributed by atoms with E-state index in [1.807, 2.05) is 6.26 Å². The molecule has 0 aliphatic rings. The molecule has 1 aromatic heterocycles. The molecule has 0 saturated heterocycles. The van der Waals surface area contributed by atoms with Crippen molar-refractivity contribution in [2.24, 2.45) is 0 Å². The molecule has 1 heterocycles. The summed E-state index contributed by atoms with van der Waals surface area (Å²) in [4.78, 5) is 27.6. The average molecular weight is 237 g/mol. The first kappa shape index (κ1) is 10.8. The van der Waals surface area contributed by atoms with Crippen molar-refractivity contribution in [3.8, 4) is 0 Å². The van der Waals surface area contributed by atoms with Crippen LogP contribution < -0.4 is 11.0 Å². The Hall–Kier alpha value is -1.69. The summed E-state index contributed by atoms with van der Waals surface area (Å²) in [6, 6.07) is 5.23. The zero-order valence-corrected chi connectivity index (χ0v) is 9.48. The van der Waals surface area contributed by atoms with Crippen LogP contribution in [0.2, 0.25) is 0 Å². The second kappa shape index (κ2) is 4.44. The predicted octanol–water partition coefficient (Wildman–Crippen LogP) is 1.16. The minimum absolute atomic E-state index is 0.0512. The van der Waals surface area contributed by atoms with Crippen molar-refractivity contribution < 1.29 is 4.79 Å². The minimum atomic E-state index is -0.248. The molecule has 0 saturated carbocycles. The van der Waals surface area contributed by atoms with Crippen LogP contribution in [0.3, 0.4) is 0 Å². The predicted molar refractivity (Wildman–Crippen MR) is 65.9 cm³/mol. The third-order valence-corrected chi connectivity index (χ3v) is 2.63. The Morgan fingerprint density at radius 2 is 2.12 bits per heavy atom. The van der Waals surface area contributed by atoms with E-state index in [-0.39, 0.29) is 11.6 Å². The van der Waals surface area contributed by atoms with Crippen molar-refractivity contribution in [3.05, 3.63) is 28.7 Å². The summed E-state index contributed by atoms with van der Waals surface area (Å²) in [5, 5.41) is 2.75. The second-order valence-electron chi connectivity index (χ2n) is 3.32. The molecule has 6 heteroatoms. The van der Waals surface area contributed by atoms with E-state index < -0.39 is 0 Å². The Morgan fingerprint density at radius 3 is 2.88 bits per heavy atom. The molecule has 0 fully saturated rings. The smallest absolute Gasteiger partial charge is 0.323 e. The molecule has 0 bridgehead atoms. The highest BCUT2D eigenvalue weighted by atomic mass is 32.2. The topological polar surface area (TPSA) is 77.8 Å². The number of amides is 1. The van der Waals surface area contributed by atoms with Crippen LogP contribution in [0.1, 0.15) is 0 Å². The molecule has 0 spiro atoms. The third-order valence-electron chi connectivity index (χ3n) is 2.08. The van der Waals surface area contributed by atoms with Crippen molar-refractivity contribution in [3.63, 3.8) is 0 Å². The Bertz CT molecular complexity index is 573. The number of H-pyrrole nitrogens is 2. The quantitative estimate of drug-likeness (QED) is 0.749. The monoisotopic (exact) mass is 237 g/mol. The number of aromatic amines is 2. The maximum Gasteiger partial charge on any atom is 0.323 e. The van der Waals surface area contributed by atoms with Gasteiger partial charge in [0, 0.05) is 5.69 Å². The highest BCUT2D eigenvalue weighted by Crippen LogP contribution is 2.14. The molecule has 0 unspecified atom stereocenters. The first-order valence-corrected chi connectivity index (χ1v) is 6.09. The molecule has 0 aliphatic heterocycles. The van der Waals surface area contributed by atoms with Crippen LogP contribution in [0.15, 0.2) is 23.0 Å². The van der Waals surface area contributed by atoms with E-state index in [9.17, 15) is 9.59 Å². The zero-order chi connectivity index (χ0) is 11.5. The molecular weight excluding hydrogens is 226 g/mol. The maximum atomic E-state index is 11.3. The number of hydrogen-bond donors (Lipinski definition) is 3. The van der Waals surface area contributed by atoms with Crippen LogP contribution in [0.25, 0.3) is 11.0 Å². The van der Waals surface area contributed by atoms with Gasteiger partial charge in [0.05, 0.1) is 16.8 Å². The highest BCUT2D eigenvalue weighted by Gasteiger charge is 2.03. The van der Waals surface area contributed by atoms with Gasteiger partial charge in [-0.3, -0.25) is 4.79 Å². The van der Waals surface area contributed by atoms with Gasteiger partial charge in [0.2, 0.25) is 5.91 Å². The summed E-state index contributed by atoms with van der Waals surface area (Å²) < 4.78 is 0. The zero-order valence-electron chi connectivity index (χ0n) is 8.66. The number of thioether (sulfide) groups is 1. The number of aromatic nitrogens is 2. The summed E-state index contributed by atoms with van der Waals surface area (Å²) in [5.41, 5.74) is 1.85. The van der Waals surface area contributed by atoms with Gasteiger partial charge in [0.1, 0.15) is 0 Å². The van der Waals surface area contributed by atoms with Gasteiger partial charge in [-0.25, -0.2) is 4.79 Å². The number of carbonyl (C=O) groups excluding carboxylic acids is 1. The summed E-state index contributed by atoms with van der Waals surface area (Å²) in [6.07, 6.45) is 1.87. The lowest BCUT2D eigenvalue weighted by atomic mass is 10.3. The molecule has 2 rings (SSSR count). The molecule has 1 amide bonds. The molecular formula is C10H11N3O2S. The van der Waals surface area contributed by atoms with Crippen molar-refractivity contribution in [1.82, 2.24) is 9.97 Å². The fourth-order valence-electron chi connectivity index (χ4n) is 1.44. The molecule has 84 valence electrons. The summed E-state index contributed by atoms with van der Waals surface area (Å²) in [5.74, 6) is 0.367. The van der Waals surface area contributed by atoms with Crippen molar-refractivity contribution in [2.45, 2.75) is 0 Å². The van der Waals surface area contributed by atoms with Gasteiger partial charge in [-0.05, 0) is 24.5 Å². The number of nitrogens with one attached hydrogen (secondary N) is 3. The van der Waals surface area contributed by atoms with Crippen LogP contribution in [-0.2, 0) is 4.79 Å². The van der Waals surface area contributed by atoms with Crippen LogP contribution in [0, 0.1) is 0 Å². The number of benzene rings is 1. The van der Waals surface area contributed by atoms with Gasteiger partial charge in [0.15, 0.2) is 0 Å². The van der Waals surface area contributed by atoms with Crippen molar-refractivity contribution in [1.29, 1.82) is 0 Å². The molecule has 0 aliphatic carbocycles. The van der Waals surface area contributed by atoms with E-state index in [1.165, 1.54) is 11.8 Å². The Kier molecular flexibility index (Phi) is 3.00. The van der Waals surface area contributed by atoms with E-state index in [0.29, 0.717) is 17.0 Å². The molecule has 2 aromatic rings. The SMILES string of the molecule is CSCC(=O)Nc1ccc2[nH]c(=O)[nH]c2c1. The van der Waals surface area contributed by atoms with Gasteiger partial charge in [-0.2, -0.15) is 11.8 Å². The van der Waals surface area contributed by atoms with Gasteiger partial charge in [-0.15, -0.1) is 0 Å². The van der Waals surface area contributed by atoms with E-state index in [2.05, 4.69) is 15.3 Å². The van der Waals surface area contributed by atoms with Gasteiger partial charge >= 0.3 is 5.69 Å². The molecule has 1 aromatic carbocycles. The lowest BCUT2D eigenvalue weighted by molar-refractivity contribution is -0.113. The lowest BCUT2D eigenvalue weighted by Crippen LogP contribution is -2.13. The molecule has 0 atom stereocenters. The van der Waals surface area contributed by atoms with Crippen LogP contribution in [0.5, 0.6) is 0 Å². The second-order valence-corrected chi connectivity index (χ2v) is 4.19. The summed E-state index contributed by atoms with van der Waals surface area (Å²) >= 11 is 1.46. The normalized spacial score (nSPS) is 10.6. The number of carbonyl (C=O) groups is 1. The van der Waals surface area contributed by atoms with Gasteiger partial charge in [-0.1, -0.05) is 0 Å². The average Bonchev–Trinajstić information content (AvgIpc) is 2.57. The largest absolute Gasteiger partial charge is 0.325 e. The molecule has 16 heavy (non-hydrogen) atoms. The lowest BCUT2D eigenvalue weighted by Gasteiger charge is -2.03. The third kappa shape index (κ3) is 2.27. The van der Waals surface area contributed by atoms with Gasteiger partial charge in [0.25, 0.3) is 0 Å². The van der Waals surface area contributed by atoms with E-state index >= 15 is 0 Å². The van der Waals surface area contributed by atoms with E-state index in [1.54, 1.807) is 18.2 Å². The summed E-state index contributed by atoms with van der Waals surface area (Å²) in [6.45, 7) is 0. The Morgan fingerprint density at radius 1 is 1.38 bits per heavy atom.